The van der Waals surface area contributed by atoms with Gasteiger partial charge in [0.15, 0.2) is 0 Å². The van der Waals surface area contributed by atoms with Crippen LogP contribution >= 0.6 is 21.9 Å². The molecule has 3 radical (unpaired) electrons. The summed E-state index contributed by atoms with van der Waals surface area (Å²) in [6.45, 7) is 23.6. The Kier molecular flexibility index (Phi) is 53.4. The van der Waals surface area contributed by atoms with Gasteiger partial charge in [-0.05, 0) is 0 Å². The van der Waals surface area contributed by atoms with E-state index in [-0.39, 0.29) is 123 Å². The summed E-state index contributed by atoms with van der Waals surface area (Å²) in [5.74, 6) is 0. The van der Waals surface area contributed by atoms with Gasteiger partial charge in [-0.15, -0.1) is 0 Å². The molecule has 0 heterocycles. The first-order valence-corrected chi connectivity index (χ1v) is 32.0. The first kappa shape index (κ1) is 79.4. The van der Waals surface area contributed by atoms with Crippen LogP contribution in [0.25, 0.3) is 0 Å². The third-order valence-electron chi connectivity index (χ3n) is 13.6. The molecule has 0 aromatic heterocycles. The van der Waals surface area contributed by atoms with Gasteiger partial charge in [0.1, 0.15) is 0 Å². The zero-order valence-corrected chi connectivity index (χ0v) is 55.5. The Balaban J connectivity index is -0.000000189. The summed E-state index contributed by atoms with van der Waals surface area (Å²) in [6.07, 6.45) is 23.5. The molecular formula is C48H102Nd3O9P3. The van der Waals surface area contributed by atoms with Crippen molar-refractivity contribution in [1.29, 1.82) is 0 Å². The Hall–Kier alpha value is 4.98. The first-order valence-electron chi connectivity index (χ1n) is 25.6. The minimum Gasteiger partial charge on any atom is 3.00 e. The maximum absolute atomic E-state index is 12.7. The van der Waals surface area contributed by atoms with E-state index in [1.807, 2.05) is 41.5 Å². The maximum atomic E-state index is 12.7. The number of hydrogen-bond acceptors (Lipinski definition) is 9. The Morgan fingerprint density at radius 2 is 0.333 bits per heavy atom. The monoisotopic (exact) mass is 1340 g/mol. The van der Waals surface area contributed by atoms with E-state index in [4.69, 9.17) is 0 Å². The van der Waals surface area contributed by atoms with Crippen LogP contribution in [0.3, 0.4) is 0 Å². The molecule has 0 aromatic rings. The maximum Gasteiger partial charge on any atom is 3.00 e. The average molecular weight is 1350 g/mol. The quantitative estimate of drug-likeness (QED) is 0.0432. The second kappa shape index (κ2) is 42.3. The van der Waals surface area contributed by atoms with Crippen LogP contribution in [-0.4, -0.2) is 34.0 Å². The zero-order chi connectivity index (χ0) is 47.0. The van der Waals surface area contributed by atoms with Crippen molar-refractivity contribution < 1.29 is 167 Å². The van der Waals surface area contributed by atoms with Gasteiger partial charge >= 0.3 is 498 Å². The Morgan fingerprint density at radius 3 is 0.413 bits per heavy atom. The molecule has 0 fully saturated rings. The molecule has 0 aliphatic rings. The Labute approximate surface area is 491 Å². The molecule has 0 aliphatic carbocycles. The second-order valence-electron chi connectivity index (χ2n) is 18.4. The van der Waals surface area contributed by atoms with Crippen LogP contribution in [0.1, 0.15) is 276 Å². The van der Waals surface area contributed by atoms with Gasteiger partial charge in [0.25, 0.3) is 0 Å². The van der Waals surface area contributed by atoms with E-state index >= 15 is 0 Å². The zero-order valence-electron chi connectivity index (χ0n) is 43.2. The van der Waals surface area contributed by atoms with E-state index in [0.717, 1.165) is 116 Å². The van der Waals surface area contributed by atoms with Gasteiger partial charge in [0.05, 0.1) is 0 Å². The van der Waals surface area contributed by atoms with Gasteiger partial charge in [-0.2, -0.15) is 0 Å². The Morgan fingerprint density at radius 1 is 0.222 bits per heavy atom. The number of hydrogen-bond donors (Lipinski definition) is 0. The van der Waals surface area contributed by atoms with Crippen LogP contribution in [0.4, 0.5) is 0 Å². The van der Waals surface area contributed by atoms with E-state index in [1.165, 1.54) is 0 Å². The van der Waals surface area contributed by atoms with Crippen molar-refractivity contribution in [2.24, 2.45) is 0 Å². The predicted octanol–water partition coefficient (Wildman–Crippen LogP) is 9.25. The molecule has 0 amide bonds. The van der Waals surface area contributed by atoms with Gasteiger partial charge in [-0.1, -0.05) is 0 Å². The fraction of sp³-hybridized carbons (Fsp3) is 1.00. The van der Waals surface area contributed by atoms with E-state index in [2.05, 4.69) is 41.5 Å². The smallest absolute Gasteiger partial charge is 3.00 e. The van der Waals surface area contributed by atoms with Crippen molar-refractivity contribution >= 4 is 21.9 Å². The molecule has 0 bridgehead atoms. The summed E-state index contributed by atoms with van der Waals surface area (Å²) >= 11 is 0. The third-order valence-corrected chi connectivity index (χ3v) is 25.3. The largest absolute Gasteiger partial charge is 3.00 e. The van der Waals surface area contributed by atoms with Crippen molar-refractivity contribution in [3.8, 4) is 0 Å². The molecule has 0 aromatic carbocycles. The first-order chi connectivity index (χ1) is 28.0. The van der Waals surface area contributed by atoms with E-state index in [9.17, 15) is 44.0 Å². The number of rotatable bonds is 36. The van der Waals surface area contributed by atoms with Crippen molar-refractivity contribution in [3.63, 3.8) is 0 Å². The van der Waals surface area contributed by atoms with Crippen LogP contribution in [-0.2, 0) is 0 Å². The summed E-state index contributed by atoms with van der Waals surface area (Å²) in [5, 5.41) is 0. The summed E-state index contributed by atoms with van der Waals surface area (Å²) < 4.78 is 0. The molecule has 0 rings (SSSR count). The SMILES string of the molecule is CCCCCC(CC)P([O-])([O-])([O-])C(CC)CCCCC.CCCCCC(CC)P([O-])([O-])([O-])C(CC)CCCCC.CCCCCC(CC)P([O-])([O-])([O-])C(CC)CCCCC.[Nd+3].[Nd+3].[Nd+3]. The molecule has 0 spiro atoms. The van der Waals surface area contributed by atoms with E-state index in [0.29, 0.717) is 77.0 Å². The van der Waals surface area contributed by atoms with Crippen molar-refractivity contribution in [1.82, 2.24) is 0 Å². The Bertz CT molecular complexity index is 819. The number of unbranched alkanes of at least 4 members (excludes halogenated alkanes) is 12. The normalized spacial score (nSPS) is 16.6. The van der Waals surface area contributed by atoms with Crippen LogP contribution in [0.2, 0.25) is 0 Å². The van der Waals surface area contributed by atoms with Crippen LogP contribution in [0.15, 0.2) is 0 Å². The fourth-order valence-corrected chi connectivity index (χ4v) is 18.9. The summed E-state index contributed by atoms with van der Waals surface area (Å²) in [4.78, 5) is 115. The van der Waals surface area contributed by atoms with Crippen molar-refractivity contribution in [2.45, 2.75) is 310 Å². The van der Waals surface area contributed by atoms with Crippen LogP contribution in [0, 0.1) is 123 Å². The van der Waals surface area contributed by atoms with Gasteiger partial charge in [0.2, 0.25) is 0 Å². The topological polar surface area (TPSA) is 208 Å². The fourth-order valence-electron chi connectivity index (χ4n) is 9.27. The van der Waals surface area contributed by atoms with Crippen molar-refractivity contribution in [3.05, 3.63) is 0 Å². The van der Waals surface area contributed by atoms with Crippen LogP contribution < -0.4 is 44.0 Å². The summed E-state index contributed by atoms with van der Waals surface area (Å²) in [5.41, 5.74) is -4.00. The summed E-state index contributed by atoms with van der Waals surface area (Å²) in [6, 6.07) is 0. The molecule has 9 nitrogen and oxygen atoms in total. The van der Waals surface area contributed by atoms with Gasteiger partial charge < -0.3 is 0 Å². The molecule has 6 unspecified atom stereocenters. The molecule has 0 saturated heterocycles. The standard InChI is InChI=1S/3C16H34O3P.3Nd/c3*1-5-9-11-13-15(7-3)20(17,18,19)16(8-4)14-12-10-6-2;;;/h3*15-16H,5-14H2,1-4H3;;;/q3*-3;3*+3. The van der Waals surface area contributed by atoms with Crippen LogP contribution in [0.5, 0.6) is 0 Å². The second-order valence-corrected chi connectivity index (χ2v) is 28.8. The van der Waals surface area contributed by atoms with Gasteiger partial charge in [0, 0.05) is 0 Å². The molecule has 0 saturated carbocycles. The molecular weight excluding hydrogens is 1250 g/mol. The van der Waals surface area contributed by atoms with Crippen molar-refractivity contribution in [2.75, 3.05) is 0 Å². The van der Waals surface area contributed by atoms with Gasteiger partial charge in [-0.25, -0.2) is 0 Å². The molecule has 0 aliphatic heterocycles. The molecule has 0 N–H and O–H groups in total. The van der Waals surface area contributed by atoms with E-state index in [1.54, 1.807) is 0 Å². The molecule has 63 heavy (non-hydrogen) atoms. The average Bonchev–Trinajstić information content (AvgIpc) is 3.18. The molecule has 6 atom stereocenters. The molecule has 375 valence electrons. The third kappa shape index (κ3) is 31.4. The van der Waals surface area contributed by atoms with E-state index < -0.39 is 55.8 Å². The minimum absolute atomic E-state index is 0. The molecule has 15 heteroatoms. The predicted molar refractivity (Wildman–Crippen MR) is 250 cm³/mol. The van der Waals surface area contributed by atoms with Gasteiger partial charge in [-0.3, -0.25) is 0 Å². The minimum atomic E-state index is -5.29. The summed E-state index contributed by atoms with van der Waals surface area (Å²) in [7, 11) is -15.9.